The highest BCUT2D eigenvalue weighted by Gasteiger charge is 2.55. The van der Waals surface area contributed by atoms with Crippen LogP contribution in [0.25, 0.3) is 0 Å². The van der Waals surface area contributed by atoms with Crippen LogP contribution in [0.5, 0.6) is 5.75 Å². The highest BCUT2D eigenvalue weighted by molar-refractivity contribution is 8.00. The van der Waals surface area contributed by atoms with Gasteiger partial charge in [0.25, 0.3) is 5.91 Å². The predicted molar refractivity (Wildman–Crippen MR) is 108 cm³/mol. The van der Waals surface area contributed by atoms with E-state index < -0.39 is 11.4 Å². The fraction of sp³-hybridized carbons (Fsp3) is 0.667. The number of amides is 1. The zero-order chi connectivity index (χ0) is 19.4. The van der Waals surface area contributed by atoms with Crippen molar-refractivity contribution in [2.24, 2.45) is 17.8 Å². The molecule has 4 fully saturated rings. The molecule has 27 heavy (non-hydrogen) atoms. The van der Waals surface area contributed by atoms with Gasteiger partial charge in [-0.1, -0.05) is 11.6 Å². The van der Waals surface area contributed by atoms with Crippen LogP contribution < -0.4 is 10.1 Å². The maximum Gasteiger partial charge on any atom is 0.263 e. The molecule has 1 N–H and O–H groups in total. The van der Waals surface area contributed by atoms with Crippen LogP contribution in [0.2, 0.25) is 5.02 Å². The molecule has 2 atom stereocenters. The summed E-state index contributed by atoms with van der Waals surface area (Å²) >= 11 is 8.09. The summed E-state index contributed by atoms with van der Waals surface area (Å²) in [7, 11) is 0. The van der Waals surface area contributed by atoms with Crippen molar-refractivity contribution in [3.8, 4) is 5.75 Å². The van der Waals surface area contributed by atoms with Gasteiger partial charge in [0.05, 0.1) is 5.02 Å². The summed E-state index contributed by atoms with van der Waals surface area (Å²) in [5.41, 5.74) is -1.08. The van der Waals surface area contributed by atoms with E-state index in [2.05, 4.69) is 11.6 Å². The maximum atomic E-state index is 13.3. The third kappa shape index (κ3) is 3.57. The second kappa shape index (κ2) is 6.84. The molecule has 0 heterocycles. The SMILES string of the molecule is CSC12CC3CC(C1)C(NC(=O)C(C)(C)Oc1ccc(F)cc1Cl)C(C3)C2. The lowest BCUT2D eigenvalue weighted by Crippen LogP contribution is -2.63. The molecule has 0 aliphatic heterocycles. The summed E-state index contributed by atoms with van der Waals surface area (Å²) in [6, 6.07) is 4.19. The Bertz CT molecular complexity index is 740. The Morgan fingerprint density at radius 3 is 2.56 bits per heavy atom. The van der Waals surface area contributed by atoms with Crippen LogP contribution in [-0.2, 0) is 4.79 Å². The first-order valence-corrected chi connectivity index (χ1v) is 11.3. The normalized spacial score (nSPS) is 34.6. The van der Waals surface area contributed by atoms with E-state index in [-0.39, 0.29) is 17.0 Å². The summed E-state index contributed by atoms with van der Waals surface area (Å²) in [4.78, 5) is 13.0. The molecular formula is C21H27ClFNO2S. The van der Waals surface area contributed by atoms with Gasteiger partial charge in [-0.15, -0.1) is 0 Å². The first-order valence-electron chi connectivity index (χ1n) is 9.71. The molecular weight excluding hydrogens is 385 g/mol. The quantitative estimate of drug-likeness (QED) is 0.735. The number of hydrogen-bond donors (Lipinski definition) is 1. The fourth-order valence-electron chi connectivity index (χ4n) is 5.64. The number of rotatable bonds is 5. The lowest BCUT2D eigenvalue weighted by Gasteiger charge is -2.59. The molecule has 148 valence electrons. The maximum absolute atomic E-state index is 13.3. The molecule has 4 saturated carbocycles. The number of nitrogens with one attached hydrogen (secondary N) is 1. The van der Waals surface area contributed by atoms with Crippen LogP contribution >= 0.6 is 23.4 Å². The minimum absolute atomic E-state index is 0.126. The van der Waals surface area contributed by atoms with Gasteiger partial charge >= 0.3 is 0 Å². The van der Waals surface area contributed by atoms with Crippen molar-refractivity contribution in [3.63, 3.8) is 0 Å². The minimum Gasteiger partial charge on any atom is -0.476 e. The Balaban J connectivity index is 1.45. The van der Waals surface area contributed by atoms with Crippen LogP contribution in [0.1, 0.15) is 46.0 Å². The van der Waals surface area contributed by atoms with E-state index in [9.17, 15) is 9.18 Å². The smallest absolute Gasteiger partial charge is 0.263 e. The Kier molecular flexibility index (Phi) is 4.91. The van der Waals surface area contributed by atoms with Gasteiger partial charge in [0.2, 0.25) is 0 Å². The van der Waals surface area contributed by atoms with Gasteiger partial charge in [0.1, 0.15) is 11.6 Å². The number of hydrogen-bond acceptors (Lipinski definition) is 3. The predicted octanol–water partition coefficient (Wildman–Crippen LogP) is 5.06. The molecule has 1 aromatic carbocycles. The highest BCUT2D eigenvalue weighted by Crippen LogP contribution is 2.60. The monoisotopic (exact) mass is 411 g/mol. The lowest BCUT2D eigenvalue weighted by atomic mass is 9.53. The first kappa shape index (κ1) is 19.4. The average Bonchev–Trinajstić information content (AvgIpc) is 2.59. The Morgan fingerprint density at radius 1 is 1.30 bits per heavy atom. The van der Waals surface area contributed by atoms with Crippen LogP contribution in [0.3, 0.4) is 0 Å². The van der Waals surface area contributed by atoms with E-state index in [4.69, 9.17) is 16.3 Å². The number of ether oxygens (including phenoxy) is 1. The Hall–Kier alpha value is -0.940. The van der Waals surface area contributed by atoms with Crippen molar-refractivity contribution >= 4 is 29.3 Å². The third-order valence-electron chi connectivity index (χ3n) is 6.75. The van der Waals surface area contributed by atoms with Crippen molar-refractivity contribution in [2.75, 3.05) is 6.26 Å². The molecule has 4 aliphatic carbocycles. The molecule has 0 spiro atoms. The molecule has 5 rings (SSSR count). The molecule has 0 aromatic heterocycles. The first-order chi connectivity index (χ1) is 12.7. The number of carbonyl (C=O) groups excluding carboxylic acids is 1. The summed E-state index contributed by atoms with van der Waals surface area (Å²) in [6.07, 6.45) is 8.46. The number of thioether (sulfide) groups is 1. The fourth-order valence-corrected chi connectivity index (χ4v) is 7.01. The largest absolute Gasteiger partial charge is 0.476 e. The van der Waals surface area contributed by atoms with Crippen LogP contribution in [0.15, 0.2) is 18.2 Å². The topological polar surface area (TPSA) is 38.3 Å². The summed E-state index contributed by atoms with van der Waals surface area (Å²) in [6.45, 7) is 3.48. The van der Waals surface area contributed by atoms with E-state index in [1.807, 2.05) is 11.8 Å². The summed E-state index contributed by atoms with van der Waals surface area (Å²) < 4.78 is 19.6. The molecule has 4 bridgehead atoms. The minimum atomic E-state index is -1.08. The molecule has 1 amide bonds. The van der Waals surface area contributed by atoms with Gasteiger partial charge < -0.3 is 10.1 Å². The zero-order valence-electron chi connectivity index (χ0n) is 16.1. The van der Waals surface area contributed by atoms with Crippen molar-refractivity contribution in [1.29, 1.82) is 0 Å². The molecule has 0 radical (unpaired) electrons. The standard InChI is InChI=1S/C21H27ClFNO2S/c1-20(2,26-17-5-4-15(23)8-16(17)22)19(25)24-18-13-6-12-7-14(18)11-21(9-12,10-13)27-3/h4-5,8,12-14,18H,6-7,9-11H2,1-3H3,(H,24,25). The zero-order valence-corrected chi connectivity index (χ0v) is 17.6. The van der Waals surface area contributed by atoms with E-state index >= 15 is 0 Å². The Labute approximate surface area is 169 Å². The molecule has 1 aromatic rings. The van der Waals surface area contributed by atoms with Crippen LogP contribution in [0, 0.1) is 23.6 Å². The van der Waals surface area contributed by atoms with E-state index in [1.165, 1.54) is 50.3 Å². The Morgan fingerprint density at radius 2 is 1.96 bits per heavy atom. The average molecular weight is 412 g/mol. The van der Waals surface area contributed by atoms with E-state index in [1.54, 1.807) is 13.8 Å². The summed E-state index contributed by atoms with van der Waals surface area (Å²) in [5.74, 6) is 1.73. The second-order valence-electron chi connectivity index (χ2n) is 9.04. The number of benzene rings is 1. The molecule has 0 saturated heterocycles. The molecule has 6 heteroatoms. The number of carbonyl (C=O) groups is 1. The van der Waals surface area contributed by atoms with E-state index in [0.29, 0.717) is 22.3 Å². The van der Waals surface area contributed by atoms with Gasteiger partial charge in [0.15, 0.2) is 5.60 Å². The highest BCUT2D eigenvalue weighted by atomic mass is 35.5. The molecule has 4 aliphatic rings. The van der Waals surface area contributed by atoms with E-state index in [0.717, 1.165) is 5.92 Å². The van der Waals surface area contributed by atoms with Gasteiger partial charge in [-0.2, -0.15) is 11.8 Å². The van der Waals surface area contributed by atoms with Gasteiger partial charge in [-0.3, -0.25) is 4.79 Å². The van der Waals surface area contributed by atoms with Crippen LogP contribution in [0.4, 0.5) is 4.39 Å². The lowest BCUT2D eigenvalue weighted by molar-refractivity contribution is -0.137. The third-order valence-corrected chi connectivity index (χ3v) is 8.42. The van der Waals surface area contributed by atoms with Crippen molar-refractivity contribution in [1.82, 2.24) is 5.32 Å². The van der Waals surface area contributed by atoms with Crippen molar-refractivity contribution in [3.05, 3.63) is 29.0 Å². The van der Waals surface area contributed by atoms with Gasteiger partial charge in [0, 0.05) is 10.8 Å². The van der Waals surface area contributed by atoms with Gasteiger partial charge in [-0.05, 0) is 88.2 Å². The van der Waals surface area contributed by atoms with Crippen molar-refractivity contribution < 1.29 is 13.9 Å². The molecule has 2 unspecified atom stereocenters. The second-order valence-corrected chi connectivity index (χ2v) is 10.7. The number of halogens is 2. The molecule has 3 nitrogen and oxygen atoms in total. The van der Waals surface area contributed by atoms with Gasteiger partial charge in [-0.25, -0.2) is 4.39 Å². The van der Waals surface area contributed by atoms with Crippen molar-refractivity contribution in [2.45, 2.75) is 62.3 Å². The van der Waals surface area contributed by atoms with Crippen LogP contribution in [-0.4, -0.2) is 28.6 Å². The summed E-state index contributed by atoms with van der Waals surface area (Å²) in [5, 5.41) is 3.48.